The molecule has 0 radical (unpaired) electrons. The van der Waals surface area contributed by atoms with E-state index in [2.05, 4.69) is 10.4 Å². The highest BCUT2D eigenvalue weighted by atomic mass is 35.5. The first-order valence-electron chi connectivity index (χ1n) is 16.0. The molecule has 0 amide bonds. The van der Waals surface area contributed by atoms with Gasteiger partial charge in [-0.05, 0) is 71.8 Å². The van der Waals surface area contributed by atoms with Crippen LogP contribution in [0.15, 0.2) is 146 Å². The SMILES string of the molecule is COc1ccc(F)cc1-c1ccc(-n2nnc(-c3ccccc3)c2-c2c(-c3ccccc3)nnn2-c2ccc(-c3cc(Cl)ccc3F)cc2)cc1. The van der Waals surface area contributed by atoms with Crippen LogP contribution in [0.4, 0.5) is 8.78 Å². The highest BCUT2D eigenvalue weighted by molar-refractivity contribution is 6.30. The van der Waals surface area contributed by atoms with Gasteiger partial charge >= 0.3 is 0 Å². The van der Waals surface area contributed by atoms with Crippen LogP contribution in [0.1, 0.15) is 0 Å². The Kier molecular flexibility index (Phi) is 8.39. The molecule has 0 unspecified atom stereocenters. The third-order valence-corrected chi connectivity index (χ3v) is 8.83. The molecule has 248 valence electrons. The van der Waals surface area contributed by atoms with Gasteiger partial charge in [-0.15, -0.1) is 10.2 Å². The fourth-order valence-corrected chi connectivity index (χ4v) is 6.29. The predicted octanol–water partition coefficient (Wildman–Crippen LogP) is 10.1. The van der Waals surface area contributed by atoms with Crippen molar-refractivity contribution in [1.29, 1.82) is 0 Å². The van der Waals surface area contributed by atoms with Crippen LogP contribution >= 0.6 is 11.6 Å². The summed E-state index contributed by atoms with van der Waals surface area (Å²) in [5.41, 5.74) is 8.05. The zero-order chi connectivity index (χ0) is 34.9. The smallest absolute Gasteiger partial charge is 0.131 e. The Morgan fingerprint density at radius 3 is 1.55 bits per heavy atom. The van der Waals surface area contributed by atoms with E-state index in [0.717, 1.165) is 16.7 Å². The molecule has 6 aromatic carbocycles. The Morgan fingerprint density at radius 2 is 1.04 bits per heavy atom. The van der Waals surface area contributed by atoms with Crippen LogP contribution in [0.3, 0.4) is 0 Å². The van der Waals surface area contributed by atoms with Gasteiger partial charge in [0.05, 0.1) is 18.5 Å². The molecule has 0 saturated carbocycles. The van der Waals surface area contributed by atoms with Crippen molar-refractivity contribution in [1.82, 2.24) is 30.0 Å². The first-order valence-corrected chi connectivity index (χ1v) is 16.4. The number of hydrogen-bond donors (Lipinski definition) is 0. The van der Waals surface area contributed by atoms with E-state index in [1.807, 2.05) is 109 Å². The predicted molar refractivity (Wildman–Crippen MR) is 195 cm³/mol. The van der Waals surface area contributed by atoms with Crippen LogP contribution in [-0.2, 0) is 0 Å². The number of methoxy groups -OCH3 is 1. The first kappa shape index (κ1) is 31.8. The maximum absolute atomic E-state index is 14.8. The lowest BCUT2D eigenvalue weighted by atomic mass is 10.0. The number of aromatic nitrogens is 6. The minimum Gasteiger partial charge on any atom is -0.496 e. The Balaban J connectivity index is 1.32. The molecule has 8 rings (SSSR count). The average molecular weight is 693 g/mol. The van der Waals surface area contributed by atoms with Crippen molar-refractivity contribution in [3.05, 3.63) is 162 Å². The summed E-state index contributed by atoms with van der Waals surface area (Å²) < 4.78 is 38.1. The molecule has 0 aliphatic heterocycles. The zero-order valence-electron chi connectivity index (χ0n) is 27.1. The molecule has 7 nitrogen and oxygen atoms in total. The van der Waals surface area contributed by atoms with E-state index in [1.165, 1.54) is 24.3 Å². The molecule has 0 aliphatic carbocycles. The Bertz CT molecular complexity index is 2480. The van der Waals surface area contributed by atoms with Gasteiger partial charge in [-0.2, -0.15) is 0 Å². The molecule has 51 heavy (non-hydrogen) atoms. The second-order valence-corrected chi connectivity index (χ2v) is 12.1. The summed E-state index contributed by atoms with van der Waals surface area (Å²) in [5.74, 6) is -0.172. The van der Waals surface area contributed by atoms with E-state index < -0.39 is 0 Å². The van der Waals surface area contributed by atoms with Crippen molar-refractivity contribution in [2.24, 2.45) is 0 Å². The van der Waals surface area contributed by atoms with Crippen molar-refractivity contribution >= 4 is 11.6 Å². The van der Waals surface area contributed by atoms with Crippen molar-refractivity contribution in [2.75, 3.05) is 7.11 Å². The number of benzene rings is 6. The van der Waals surface area contributed by atoms with Gasteiger partial charge in [-0.1, -0.05) is 107 Å². The van der Waals surface area contributed by atoms with E-state index >= 15 is 0 Å². The second-order valence-electron chi connectivity index (χ2n) is 11.7. The number of nitrogens with zero attached hydrogens (tertiary/aromatic N) is 6. The summed E-state index contributed by atoms with van der Waals surface area (Å²) in [7, 11) is 1.56. The van der Waals surface area contributed by atoms with E-state index in [-0.39, 0.29) is 11.6 Å². The number of ether oxygens (including phenoxy) is 1. The van der Waals surface area contributed by atoms with Crippen LogP contribution in [0, 0.1) is 11.6 Å². The van der Waals surface area contributed by atoms with E-state index in [4.69, 9.17) is 26.5 Å². The average Bonchev–Trinajstić information content (AvgIpc) is 3.82. The molecule has 2 heterocycles. The third-order valence-electron chi connectivity index (χ3n) is 8.59. The van der Waals surface area contributed by atoms with Crippen molar-refractivity contribution in [3.8, 4) is 73.3 Å². The van der Waals surface area contributed by atoms with Crippen molar-refractivity contribution in [2.45, 2.75) is 0 Å². The molecule has 0 saturated heterocycles. The van der Waals surface area contributed by atoms with Gasteiger partial charge in [0.1, 0.15) is 40.2 Å². The van der Waals surface area contributed by atoms with Crippen LogP contribution in [0.2, 0.25) is 5.02 Å². The lowest BCUT2D eigenvalue weighted by Crippen LogP contribution is -2.06. The lowest BCUT2D eigenvalue weighted by Gasteiger charge is -2.14. The third kappa shape index (κ3) is 6.04. The zero-order valence-corrected chi connectivity index (χ0v) is 27.8. The monoisotopic (exact) mass is 692 g/mol. The molecule has 10 heteroatoms. The minimum atomic E-state index is -0.371. The van der Waals surface area contributed by atoms with Gasteiger partial charge in [0.2, 0.25) is 0 Å². The van der Waals surface area contributed by atoms with Crippen LogP contribution in [0.25, 0.3) is 67.5 Å². The Hall–Kier alpha value is -6.45. The first-order chi connectivity index (χ1) is 25.0. The summed E-state index contributed by atoms with van der Waals surface area (Å²) in [4.78, 5) is 0. The van der Waals surface area contributed by atoms with Gasteiger partial charge in [0, 0.05) is 27.3 Å². The molecule has 8 aromatic rings. The molecule has 0 fully saturated rings. The largest absolute Gasteiger partial charge is 0.496 e. The standard InChI is InChI=1S/C41H27ClF2N6O/c1-51-37-23-17-31(43)25-35(37)27-14-20-33(21-15-27)50-41(39(46-48-50)29-10-6-3-7-11-29)40-38(28-8-4-2-5-9-28)45-47-49(40)32-18-12-26(13-19-32)34-24-30(42)16-22-36(34)44/h2-25H,1H3. The molecular formula is C41H27ClF2N6O. The Labute approximate surface area is 297 Å². The molecular weight excluding hydrogens is 666 g/mol. The second kappa shape index (κ2) is 13.5. The van der Waals surface area contributed by atoms with E-state index in [9.17, 15) is 8.78 Å². The maximum Gasteiger partial charge on any atom is 0.131 e. The summed E-state index contributed by atoms with van der Waals surface area (Å²) in [6.07, 6.45) is 0. The Morgan fingerprint density at radius 1 is 0.529 bits per heavy atom. The molecule has 0 atom stereocenters. The number of rotatable bonds is 8. The highest BCUT2D eigenvalue weighted by Gasteiger charge is 2.27. The number of halogens is 3. The van der Waals surface area contributed by atoms with Gasteiger partial charge in [0.25, 0.3) is 0 Å². The summed E-state index contributed by atoms with van der Waals surface area (Å²) in [6, 6.07) is 43.4. The molecule has 0 aliphatic rings. The van der Waals surface area contributed by atoms with E-state index in [0.29, 0.717) is 61.6 Å². The summed E-state index contributed by atoms with van der Waals surface area (Å²) >= 11 is 6.20. The quantitative estimate of drug-likeness (QED) is 0.159. The maximum atomic E-state index is 14.8. The van der Waals surface area contributed by atoms with E-state index in [1.54, 1.807) is 28.6 Å². The fraction of sp³-hybridized carbons (Fsp3) is 0.0244. The normalized spacial score (nSPS) is 11.1. The fourth-order valence-electron chi connectivity index (χ4n) is 6.12. The summed E-state index contributed by atoms with van der Waals surface area (Å²) in [5, 5.41) is 19.2. The topological polar surface area (TPSA) is 70.7 Å². The molecule has 0 N–H and O–H groups in total. The van der Waals surface area contributed by atoms with Crippen molar-refractivity contribution < 1.29 is 13.5 Å². The van der Waals surface area contributed by atoms with Crippen LogP contribution < -0.4 is 4.74 Å². The number of hydrogen-bond acceptors (Lipinski definition) is 5. The van der Waals surface area contributed by atoms with Crippen molar-refractivity contribution in [3.63, 3.8) is 0 Å². The van der Waals surface area contributed by atoms with Gasteiger partial charge < -0.3 is 4.74 Å². The van der Waals surface area contributed by atoms with Gasteiger partial charge in [0.15, 0.2) is 0 Å². The molecule has 2 aromatic heterocycles. The van der Waals surface area contributed by atoms with Gasteiger partial charge in [-0.25, -0.2) is 18.1 Å². The lowest BCUT2D eigenvalue weighted by molar-refractivity contribution is 0.415. The minimum absolute atomic E-state index is 0.360. The highest BCUT2D eigenvalue weighted by Crippen LogP contribution is 2.39. The van der Waals surface area contributed by atoms with Crippen LogP contribution in [0.5, 0.6) is 5.75 Å². The summed E-state index contributed by atoms with van der Waals surface area (Å²) in [6.45, 7) is 0. The molecule has 0 spiro atoms. The van der Waals surface area contributed by atoms with Gasteiger partial charge in [-0.3, -0.25) is 0 Å². The van der Waals surface area contributed by atoms with Crippen LogP contribution in [-0.4, -0.2) is 37.1 Å². The molecule has 0 bridgehead atoms.